The van der Waals surface area contributed by atoms with Gasteiger partial charge in [0.1, 0.15) is 11.3 Å². The zero-order valence-corrected chi connectivity index (χ0v) is 24.5. The third-order valence-corrected chi connectivity index (χ3v) is 9.20. The standard InChI is InChI=1S/C32H34N2O7S/c1-23-10-15-30-29(17-23)32(36)25(22-41-30)19-33(18-24-7-4-3-5-8-24)31(35)21-34(20-27-9-6-16-40-27)42(37,38)28-13-11-26(39-2)12-14-28/h3-5,7-8,10-15,17,22,27H,6,9,16,18-21H2,1-2H3/t27-/m0/s1. The van der Waals surface area contributed by atoms with E-state index in [2.05, 4.69) is 0 Å². The fraction of sp³-hybridized carbons (Fsp3) is 0.312. The van der Waals surface area contributed by atoms with Crippen molar-refractivity contribution in [2.75, 3.05) is 26.8 Å². The molecule has 10 heteroatoms. The number of rotatable bonds is 11. The van der Waals surface area contributed by atoms with Crippen molar-refractivity contribution in [1.29, 1.82) is 0 Å². The van der Waals surface area contributed by atoms with E-state index in [1.165, 1.54) is 34.7 Å². The normalized spacial score (nSPS) is 15.3. The molecule has 1 aliphatic rings. The number of carbonyl (C=O) groups excluding carboxylic acids is 1. The van der Waals surface area contributed by atoms with Crippen LogP contribution >= 0.6 is 0 Å². The molecule has 1 amide bonds. The van der Waals surface area contributed by atoms with Crippen molar-refractivity contribution >= 4 is 26.9 Å². The minimum Gasteiger partial charge on any atom is -0.497 e. The van der Waals surface area contributed by atoms with E-state index in [0.29, 0.717) is 35.3 Å². The fourth-order valence-electron chi connectivity index (χ4n) is 5.05. The molecule has 1 aromatic heterocycles. The van der Waals surface area contributed by atoms with Crippen molar-refractivity contribution in [2.45, 2.75) is 43.9 Å². The Balaban J connectivity index is 1.47. The average molecular weight is 591 g/mol. The average Bonchev–Trinajstić information content (AvgIpc) is 3.52. The van der Waals surface area contributed by atoms with Crippen LogP contribution in [0.1, 0.15) is 29.5 Å². The van der Waals surface area contributed by atoms with Gasteiger partial charge < -0.3 is 18.8 Å². The molecule has 0 radical (unpaired) electrons. The van der Waals surface area contributed by atoms with Gasteiger partial charge in [-0.3, -0.25) is 9.59 Å². The van der Waals surface area contributed by atoms with Crippen molar-refractivity contribution in [3.05, 3.63) is 106 Å². The number of ether oxygens (including phenoxy) is 2. The second-order valence-corrected chi connectivity index (χ2v) is 12.4. The highest BCUT2D eigenvalue weighted by atomic mass is 32.2. The number of benzene rings is 3. The first kappa shape index (κ1) is 29.5. The number of sulfonamides is 1. The molecule has 2 heterocycles. The van der Waals surface area contributed by atoms with Crippen molar-refractivity contribution < 1.29 is 27.1 Å². The number of hydrogen-bond donors (Lipinski definition) is 0. The second-order valence-electron chi connectivity index (χ2n) is 10.4. The largest absolute Gasteiger partial charge is 0.497 e. The fourth-order valence-corrected chi connectivity index (χ4v) is 6.47. The minimum absolute atomic E-state index is 0.0384. The van der Waals surface area contributed by atoms with Crippen LogP contribution in [0.15, 0.2) is 93.2 Å². The Bertz CT molecular complexity index is 1700. The molecule has 4 aromatic rings. The van der Waals surface area contributed by atoms with Gasteiger partial charge in [0.05, 0.1) is 48.4 Å². The summed E-state index contributed by atoms with van der Waals surface area (Å²) in [6.45, 7) is 2.20. The summed E-state index contributed by atoms with van der Waals surface area (Å²) in [6.07, 6.45) is 2.59. The monoisotopic (exact) mass is 590 g/mol. The van der Waals surface area contributed by atoms with Gasteiger partial charge in [0, 0.05) is 19.7 Å². The van der Waals surface area contributed by atoms with Crippen LogP contribution in [-0.4, -0.2) is 56.4 Å². The molecule has 0 bridgehead atoms. The SMILES string of the molecule is COc1ccc(S(=O)(=O)N(CC(=O)N(Cc2ccccc2)Cc2coc3ccc(C)cc3c2=O)C[C@@H]2CCCO2)cc1. The molecule has 5 rings (SSSR count). The molecule has 3 aromatic carbocycles. The zero-order valence-electron chi connectivity index (χ0n) is 23.7. The molecular weight excluding hydrogens is 556 g/mol. The summed E-state index contributed by atoms with van der Waals surface area (Å²) in [7, 11) is -2.56. The van der Waals surface area contributed by atoms with Gasteiger partial charge in [0.2, 0.25) is 15.9 Å². The quantitative estimate of drug-likeness (QED) is 0.253. The number of aryl methyl sites for hydroxylation is 1. The maximum absolute atomic E-state index is 14.0. The summed E-state index contributed by atoms with van der Waals surface area (Å²) >= 11 is 0. The van der Waals surface area contributed by atoms with E-state index in [0.717, 1.165) is 17.5 Å². The van der Waals surface area contributed by atoms with Crippen LogP contribution in [-0.2, 0) is 32.6 Å². The van der Waals surface area contributed by atoms with Crippen LogP contribution in [0.2, 0.25) is 0 Å². The number of hydrogen-bond acceptors (Lipinski definition) is 7. The first-order valence-electron chi connectivity index (χ1n) is 13.8. The van der Waals surface area contributed by atoms with E-state index in [-0.39, 0.29) is 36.1 Å². The third-order valence-electron chi connectivity index (χ3n) is 7.37. The molecule has 0 N–H and O–H groups in total. The number of nitrogens with zero attached hydrogens (tertiary/aromatic N) is 2. The van der Waals surface area contributed by atoms with E-state index < -0.39 is 22.5 Å². The Kier molecular flexibility index (Phi) is 9.06. The molecule has 1 fully saturated rings. The number of amides is 1. The van der Waals surface area contributed by atoms with Gasteiger partial charge in [-0.05, 0) is 61.7 Å². The highest BCUT2D eigenvalue weighted by Crippen LogP contribution is 2.23. The lowest BCUT2D eigenvalue weighted by Crippen LogP contribution is -2.45. The highest BCUT2D eigenvalue weighted by Gasteiger charge is 2.32. The van der Waals surface area contributed by atoms with Crippen molar-refractivity contribution in [3.8, 4) is 5.75 Å². The summed E-state index contributed by atoms with van der Waals surface area (Å²) in [4.78, 5) is 28.9. The van der Waals surface area contributed by atoms with Crippen LogP contribution in [0.25, 0.3) is 11.0 Å². The number of methoxy groups -OCH3 is 1. The molecule has 220 valence electrons. The van der Waals surface area contributed by atoms with Crippen molar-refractivity contribution in [3.63, 3.8) is 0 Å². The van der Waals surface area contributed by atoms with Gasteiger partial charge in [-0.1, -0.05) is 42.0 Å². The van der Waals surface area contributed by atoms with E-state index in [9.17, 15) is 18.0 Å². The summed E-state index contributed by atoms with van der Waals surface area (Å²) in [5.74, 6) is 0.0758. The summed E-state index contributed by atoms with van der Waals surface area (Å²) in [5, 5.41) is 0.432. The molecule has 1 atom stereocenters. The number of carbonyl (C=O) groups is 1. The Labute approximate surface area is 245 Å². The predicted octanol–water partition coefficient (Wildman–Crippen LogP) is 4.51. The van der Waals surface area contributed by atoms with Gasteiger partial charge >= 0.3 is 0 Å². The van der Waals surface area contributed by atoms with Gasteiger partial charge in [-0.2, -0.15) is 4.31 Å². The summed E-state index contributed by atoms with van der Waals surface area (Å²) < 4.78 is 45.5. The predicted molar refractivity (Wildman–Crippen MR) is 159 cm³/mol. The van der Waals surface area contributed by atoms with Gasteiger partial charge in [0.15, 0.2) is 5.43 Å². The van der Waals surface area contributed by atoms with Crippen molar-refractivity contribution in [2.24, 2.45) is 0 Å². The maximum Gasteiger partial charge on any atom is 0.243 e. The van der Waals surface area contributed by atoms with Crippen LogP contribution in [0.4, 0.5) is 0 Å². The van der Waals surface area contributed by atoms with Crippen molar-refractivity contribution in [1.82, 2.24) is 9.21 Å². The van der Waals surface area contributed by atoms with Gasteiger partial charge in [0.25, 0.3) is 0 Å². The van der Waals surface area contributed by atoms with E-state index in [4.69, 9.17) is 13.9 Å². The zero-order chi connectivity index (χ0) is 29.7. The Morgan fingerprint density at radius 3 is 2.48 bits per heavy atom. The Hall–Kier alpha value is -3.99. The van der Waals surface area contributed by atoms with E-state index in [1.807, 2.05) is 43.3 Å². The first-order valence-corrected chi connectivity index (χ1v) is 15.3. The van der Waals surface area contributed by atoms with Crippen LogP contribution in [0.3, 0.4) is 0 Å². The molecule has 0 spiro atoms. The molecule has 0 saturated carbocycles. The summed E-state index contributed by atoms with van der Waals surface area (Å²) in [6, 6.07) is 20.8. The Morgan fingerprint density at radius 2 is 1.79 bits per heavy atom. The molecular formula is C32H34N2O7S. The molecule has 0 aliphatic carbocycles. The molecule has 9 nitrogen and oxygen atoms in total. The molecule has 1 aliphatic heterocycles. The lowest BCUT2D eigenvalue weighted by atomic mass is 10.1. The number of fused-ring (bicyclic) bond motifs is 1. The smallest absolute Gasteiger partial charge is 0.243 e. The first-order chi connectivity index (χ1) is 20.2. The van der Waals surface area contributed by atoms with Crippen LogP contribution < -0.4 is 10.2 Å². The lowest BCUT2D eigenvalue weighted by Gasteiger charge is -2.28. The van der Waals surface area contributed by atoms with E-state index in [1.54, 1.807) is 24.3 Å². The molecule has 42 heavy (non-hydrogen) atoms. The van der Waals surface area contributed by atoms with Crippen LogP contribution in [0.5, 0.6) is 5.75 Å². The van der Waals surface area contributed by atoms with E-state index >= 15 is 0 Å². The van der Waals surface area contributed by atoms with Gasteiger partial charge in [-0.15, -0.1) is 0 Å². The lowest BCUT2D eigenvalue weighted by molar-refractivity contribution is -0.132. The maximum atomic E-state index is 14.0. The van der Waals surface area contributed by atoms with Gasteiger partial charge in [-0.25, -0.2) is 8.42 Å². The molecule has 0 unspecified atom stereocenters. The Morgan fingerprint density at radius 1 is 1.02 bits per heavy atom. The van der Waals surface area contributed by atoms with Crippen LogP contribution in [0, 0.1) is 6.92 Å². The molecule has 1 saturated heterocycles. The second kappa shape index (κ2) is 12.9. The topological polar surface area (TPSA) is 106 Å². The minimum atomic E-state index is -4.06. The summed E-state index contributed by atoms with van der Waals surface area (Å²) in [5.41, 5.74) is 2.30. The third kappa shape index (κ3) is 6.73. The highest BCUT2D eigenvalue weighted by molar-refractivity contribution is 7.89.